The molecule has 5 heteroatoms. The zero-order chi connectivity index (χ0) is 14.5. The molecule has 20 heavy (non-hydrogen) atoms. The number of carbonyl (C=O) groups is 1. The zero-order valence-corrected chi connectivity index (χ0v) is 12.5. The van der Waals surface area contributed by atoms with E-state index in [1.165, 1.54) is 0 Å². The highest BCUT2D eigenvalue weighted by atomic mass is 32.1. The summed E-state index contributed by atoms with van der Waals surface area (Å²) in [6, 6.07) is 7.47. The minimum absolute atomic E-state index is 0.162. The summed E-state index contributed by atoms with van der Waals surface area (Å²) >= 11 is 5.11. The van der Waals surface area contributed by atoms with Crippen molar-refractivity contribution in [1.29, 1.82) is 0 Å². The standard InChI is InChI=1S/C15H20N2O2S/c1-2-19-15(18)13-9-5-6-10-17(13)12-8-4-3-7-11(12)14(16)20/h3-4,7-8,13H,2,5-6,9-10H2,1H3,(H2,16,20). The number of hydrogen-bond acceptors (Lipinski definition) is 4. The molecular weight excluding hydrogens is 272 g/mol. The van der Waals surface area contributed by atoms with Gasteiger partial charge < -0.3 is 15.4 Å². The topological polar surface area (TPSA) is 55.6 Å². The summed E-state index contributed by atoms with van der Waals surface area (Å²) in [6.07, 6.45) is 2.90. The number of nitrogens with two attached hydrogens (primary N) is 1. The smallest absolute Gasteiger partial charge is 0.328 e. The van der Waals surface area contributed by atoms with E-state index >= 15 is 0 Å². The molecule has 1 aliphatic heterocycles. The number of rotatable bonds is 4. The predicted molar refractivity (Wildman–Crippen MR) is 83.9 cm³/mol. The van der Waals surface area contributed by atoms with Gasteiger partial charge in [0.05, 0.1) is 6.61 Å². The van der Waals surface area contributed by atoms with Crippen LogP contribution in [0, 0.1) is 0 Å². The lowest BCUT2D eigenvalue weighted by Crippen LogP contribution is -2.46. The number of ether oxygens (including phenoxy) is 1. The fourth-order valence-electron chi connectivity index (χ4n) is 2.64. The highest BCUT2D eigenvalue weighted by molar-refractivity contribution is 7.80. The van der Waals surface area contributed by atoms with E-state index in [4.69, 9.17) is 22.7 Å². The Bertz CT molecular complexity index is 504. The summed E-state index contributed by atoms with van der Waals surface area (Å²) in [7, 11) is 0. The van der Waals surface area contributed by atoms with E-state index in [9.17, 15) is 4.79 Å². The van der Waals surface area contributed by atoms with Crippen LogP contribution in [0.4, 0.5) is 5.69 Å². The molecule has 0 aromatic heterocycles. The average Bonchev–Trinajstić information content (AvgIpc) is 2.47. The maximum Gasteiger partial charge on any atom is 0.328 e. The highest BCUT2D eigenvalue weighted by Gasteiger charge is 2.31. The molecule has 0 aliphatic carbocycles. The van der Waals surface area contributed by atoms with Gasteiger partial charge in [0, 0.05) is 17.8 Å². The van der Waals surface area contributed by atoms with E-state index in [1.807, 2.05) is 31.2 Å². The maximum atomic E-state index is 12.1. The molecule has 0 bridgehead atoms. The van der Waals surface area contributed by atoms with Crippen LogP contribution in [-0.2, 0) is 9.53 Å². The first kappa shape index (κ1) is 14.8. The van der Waals surface area contributed by atoms with Crippen molar-refractivity contribution >= 4 is 28.9 Å². The third-order valence-electron chi connectivity index (χ3n) is 3.54. The van der Waals surface area contributed by atoms with Gasteiger partial charge in [-0.2, -0.15) is 0 Å². The Morgan fingerprint density at radius 1 is 1.45 bits per heavy atom. The van der Waals surface area contributed by atoms with Gasteiger partial charge in [-0.3, -0.25) is 0 Å². The van der Waals surface area contributed by atoms with Gasteiger partial charge in [-0.15, -0.1) is 0 Å². The SMILES string of the molecule is CCOC(=O)C1CCCCN1c1ccccc1C(N)=S. The summed E-state index contributed by atoms with van der Waals surface area (Å²) in [5.41, 5.74) is 7.54. The molecule has 0 saturated carbocycles. The first-order valence-electron chi connectivity index (χ1n) is 6.97. The normalized spacial score (nSPS) is 18.6. The number of hydrogen-bond donors (Lipinski definition) is 1. The summed E-state index contributed by atoms with van der Waals surface area (Å²) < 4.78 is 5.19. The van der Waals surface area contributed by atoms with Crippen LogP contribution < -0.4 is 10.6 Å². The van der Waals surface area contributed by atoms with Crippen molar-refractivity contribution in [1.82, 2.24) is 0 Å². The van der Waals surface area contributed by atoms with Crippen LogP contribution in [0.1, 0.15) is 31.7 Å². The first-order valence-corrected chi connectivity index (χ1v) is 7.38. The second-order valence-electron chi connectivity index (χ2n) is 4.84. The number of anilines is 1. The van der Waals surface area contributed by atoms with Crippen LogP contribution in [0.25, 0.3) is 0 Å². The quantitative estimate of drug-likeness (QED) is 0.681. The maximum absolute atomic E-state index is 12.1. The van der Waals surface area contributed by atoms with Gasteiger partial charge in [-0.25, -0.2) is 4.79 Å². The van der Waals surface area contributed by atoms with E-state index in [2.05, 4.69) is 4.90 Å². The van der Waals surface area contributed by atoms with Crippen LogP contribution in [0.5, 0.6) is 0 Å². The lowest BCUT2D eigenvalue weighted by atomic mass is 9.99. The molecule has 2 rings (SSSR count). The minimum atomic E-state index is -0.237. The second-order valence-corrected chi connectivity index (χ2v) is 5.28. The van der Waals surface area contributed by atoms with Crippen molar-refractivity contribution in [2.45, 2.75) is 32.2 Å². The molecule has 1 heterocycles. The lowest BCUT2D eigenvalue weighted by Gasteiger charge is -2.36. The number of carbonyl (C=O) groups excluding carboxylic acids is 1. The number of para-hydroxylation sites is 1. The largest absolute Gasteiger partial charge is 0.464 e. The average molecular weight is 292 g/mol. The van der Waals surface area contributed by atoms with Crippen LogP contribution in [0.3, 0.4) is 0 Å². The first-order chi connectivity index (χ1) is 9.65. The number of esters is 1. The molecule has 1 aromatic rings. The Hall–Kier alpha value is -1.62. The van der Waals surface area contributed by atoms with Crippen LogP contribution in [0.2, 0.25) is 0 Å². The number of thiocarbonyl (C=S) groups is 1. The fourth-order valence-corrected chi connectivity index (χ4v) is 2.81. The molecule has 4 nitrogen and oxygen atoms in total. The van der Waals surface area contributed by atoms with E-state index in [0.29, 0.717) is 11.6 Å². The summed E-state index contributed by atoms with van der Waals surface area (Å²) in [5, 5.41) is 0. The van der Waals surface area contributed by atoms with Crippen LogP contribution in [-0.4, -0.2) is 30.2 Å². The molecule has 1 atom stereocenters. The Morgan fingerprint density at radius 3 is 2.90 bits per heavy atom. The van der Waals surface area contributed by atoms with E-state index in [0.717, 1.165) is 37.1 Å². The van der Waals surface area contributed by atoms with Gasteiger partial charge in [-0.1, -0.05) is 24.4 Å². The molecule has 0 radical (unpaired) electrons. The van der Waals surface area contributed by atoms with E-state index in [1.54, 1.807) is 0 Å². The Kier molecular flexibility index (Phi) is 4.95. The van der Waals surface area contributed by atoms with Crippen molar-refractivity contribution in [2.75, 3.05) is 18.1 Å². The van der Waals surface area contributed by atoms with Crippen molar-refractivity contribution in [3.63, 3.8) is 0 Å². The predicted octanol–water partition coefficient (Wildman–Crippen LogP) is 2.24. The number of piperidine rings is 1. The van der Waals surface area contributed by atoms with Crippen molar-refractivity contribution in [3.05, 3.63) is 29.8 Å². The van der Waals surface area contributed by atoms with E-state index < -0.39 is 0 Å². The van der Waals surface area contributed by atoms with Gasteiger partial charge in [0.1, 0.15) is 11.0 Å². The Labute approximate surface area is 124 Å². The minimum Gasteiger partial charge on any atom is -0.464 e. The van der Waals surface area contributed by atoms with Gasteiger partial charge in [0.2, 0.25) is 0 Å². The van der Waals surface area contributed by atoms with Crippen LogP contribution in [0.15, 0.2) is 24.3 Å². The lowest BCUT2D eigenvalue weighted by molar-refractivity contribution is -0.145. The number of benzene rings is 1. The summed E-state index contributed by atoms with van der Waals surface area (Å²) in [4.78, 5) is 14.6. The molecule has 2 N–H and O–H groups in total. The highest BCUT2D eigenvalue weighted by Crippen LogP contribution is 2.28. The summed E-state index contributed by atoms with van der Waals surface area (Å²) in [6.45, 7) is 3.05. The number of nitrogens with zero attached hydrogens (tertiary/aromatic N) is 1. The van der Waals surface area contributed by atoms with Gasteiger partial charge >= 0.3 is 5.97 Å². The molecule has 0 spiro atoms. The third-order valence-corrected chi connectivity index (χ3v) is 3.76. The second kappa shape index (κ2) is 6.70. The molecule has 1 aliphatic rings. The monoisotopic (exact) mass is 292 g/mol. The third kappa shape index (κ3) is 3.10. The zero-order valence-electron chi connectivity index (χ0n) is 11.7. The van der Waals surface area contributed by atoms with E-state index in [-0.39, 0.29) is 12.0 Å². The van der Waals surface area contributed by atoms with Crippen molar-refractivity contribution in [3.8, 4) is 0 Å². The molecule has 1 unspecified atom stereocenters. The molecule has 1 fully saturated rings. The van der Waals surface area contributed by atoms with Gasteiger partial charge in [0.25, 0.3) is 0 Å². The molecule has 108 valence electrons. The van der Waals surface area contributed by atoms with Gasteiger partial charge in [0.15, 0.2) is 0 Å². The molecule has 1 saturated heterocycles. The fraction of sp³-hybridized carbons (Fsp3) is 0.467. The van der Waals surface area contributed by atoms with Crippen molar-refractivity contribution < 1.29 is 9.53 Å². The Morgan fingerprint density at radius 2 is 2.20 bits per heavy atom. The Balaban J connectivity index is 2.33. The molecule has 1 aromatic carbocycles. The van der Waals surface area contributed by atoms with Crippen molar-refractivity contribution in [2.24, 2.45) is 5.73 Å². The molecular formula is C15H20N2O2S. The van der Waals surface area contributed by atoms with Gasteiger partial charge in [-0.05, 0) is 38.3 Å². The summed E-state index contributed by atoms with van der Waals surface area (Å²) in [5.74, 6) is -0.162. The van der Waals surface area contributed by atoms with Crippen LogP contribution >= 0.6 is 12.2 Å². The molecule has 0 amide bonds.